The van der Waals surface area contributed by atoms with Crippen molar-refractivity contribution < 1.29 is 0 Å². The molecule has 0 N–H and O–H groups in total. The summed E-state index contributed by atoms with van der Waals surface area (Å²) in [6.07, 6.45) is 29.5. The second-order valence-electron chi connectivity index (χ2n) is 10.4. The number of hydrogen-bond donors (Lipinski definition) is 0. The number of pyridine rings is 1. The monoisotopic (exact) mass is 655 g/mol. The van der Waals surface area contributed by atoms with Crippen LogP contribution in [0.1, 0.15) is 0 Å². The van der Waals surface area contributed by atoms with Gasteiger partial charge in [-0.2, -0.15) is 0 Å². The SMILES string of the molecule is c1ccc(-c2cncc([Si](c3cncc(-c4cnccn4)n3)(c3cncc(-c4cnccn4)n3)c3cncc(-c4cnccn4)n3)n2)nc1. The molecule has 16 heteroatoms. The number of aromatic nitrogens is 15. The molecule has 49 heavy (non-hydrogen) atoms. The van der Waals surface area contributed by atoms with Crippen LogP contribution in [0.4, 0.5) is 0 Å². The molecule has 0 saturated carbocycles. The van der Waals surface area contributed by atoms with Gasteiger partial charge in [0.2, 0.25) is 0 Å². The van der Waals surface area contributed by atoms with Crippen LogP contribution in [-0.4, -0.2) is 82.8 Å². The van der Waals surface area contributed by atoms with E-state index < -0.39 is 8.07 Å². The standard InChI is InChI=1S/C33H21N15Si/c1-2-4-41-22(3-1)26-14-37-18-30(45-26)49(31-19-38-15-27(46-31)23-11-34-5-8-42-23,32-20-39-16-28(47-32)24-12-35-6-9-43-24)33-21-40-17-29(48-33)25-13-36-7-10-44-25/h1-21H. The number of hydrogen-bond acceptors (Lipinski definition) is 15. The Bertz CT molecular complexity index is 2020. The van der Waals surface area contributed by atoms with Gasteiger partial charge in [0.05, 0.1) is 70.3 Å². The van der Waals surface area contributed by atoms with Crippen LogP contribution in [0.5, 0.6) is 0 Å². The Morgan fingerprint density at radius 3 is 0.959 bits per heavy atom. The highest BCUT2D eigenvalue weighted by molar-refractivity contribution is 7.18. The van der Waals surface area contributed by atoms with Gasteiger partial charge in [0.1, 0.15) is 39.9 Å². The van der Waals surface area contributed by atoms with E-state index in [9.17, 15) is 0 Å². The normalized spacial score (nSPS) is 11.3. The lowest BCUT2D eigenvalue weighted by molar-refractivity contribution is 1.14. The van der Waals surface area contributed by atoms with Gasteiger partial charge in [-0.3, -0.25) is 74.8 Å². The molecule has 8 heterocycles. The Balaban J connectivity index is 1.47. The first-order chi connectivity index (χ1) is 24.3. The number of nitrogens with zero attached hydrogens (tertiary/aromatic N) is 15. The van der Waals surface area contributed by atoms with Crippen molar-refractivity contribution in [2.24, 2.45) is 0 Å². The van der Waals surface area contributed by atoms with Crippen molar-refractivity contribution in [3.63, 3.8) is 0 Å². The summed E-state index contributed by atoms with van der Waals surface area (Å²) in [6, 6.07) is 5.60. The minimum atomic E-state index is -3.82. The molecule has 8 rings (SSSR count). The summed E-state index contributed by atoms with van der Waals surface area (Å²) in [7, 11) is -3.82. The second kappa shape index (κ2) is 13.0. The Morgan fingerprint density at radius 2 is 0.633 bits per heavy atom. The largest absolute Gasteiger partial charge is 0.271 e. The van der Waals surface area contributed by atoms with Crippen LogP contribution >= 0.6 is 0 Å². The molecule has 15 nitrogen and oxygen atoms in total. The molecule has 0 atom stereocenters. The fourth-order valence-electron chi connectivity index (χ4n) is 5.28. The van der Waals surface area contributed by atoms with E-state index in [-0.39, 0.29) is 0 Å². The zero-order valence-corrected chi connectivity index (χ0v) is 26.3. The summed E-state index contributed by atoms with van der Waals surface area (Å²) in [5, 5.41) is 2.12. The van der Waals surface area contributed by atoms with Crippen LogP contribution in [-0.2, 0) is 0 Å². The van der Waals surface area contributed by atoms with Gasteiger partial charge < -0.3 is 0 Å². The quantitative estimate of drug-likeness (QED) is 0.207. The van der Waals surface area contributed by atoms with Crippen molar-refractivity contribution in [2.45, 2.75) is 0 Å². The Hall–Kier alpha value is -7.07. The molecule has 0 aromatic carbocycles. The maximum atomic E-state index is 5.20. The highest BCUT2D eigenvalue weighted by atomic mass is 28.3. The van der Waals surface area contributed by atoms with E-state index in [4.69, 9.17) is 19.9 Å². The van der Waals surface area contributed by atoms with Crippen molar-refractivity contribution in [3.05, 3.63) is 130 Å². The van der Waals surface area contributed by atoms with E-state index in [2.05, 4.69) is 54.8 Å². The molecule has 0 radical (unpaired) electrons. The molecular weight excluding hydrogens is 635 g/mol. The van der Waals surface area contributed by atoms with E-state index in [0.717, 1.165) is 0 Å². The smallest absolute Gasteiger partial charge is 0.261 e. The molecule has 0 aliphatic heterocycles. The van der Waals surface area contributed by atoms with Crippen LogP contribution < -0.4 is 21.3 Å². The van der Waals surface area contributed by atoms with Crippen molar-refractivity contribution >= 4 is 29.3 Å². The Morgan fingerprint density at radius 1 is 0.286 bits per heavy atom. The predicted molar refractivity (Wildman–Crippen MR) is 179 cm³/mol. The summed E-state index contributed by atoms with van der Waals surface area (Å²) in [5.41, 5.74) is 4.26. The average Bonchev–Trinajstić information content (AvgIpc) is 3.20. The third kappa shape index (κ3) is 5.63. The van der Waals surface area contributed by atoms with Gasteiger partial charge in [0.25, 0.3) is 8.07 Å². The molecule has 0 aliphatic rings. The highest BCUT2D eigenvalue weighted by Crippen LogP contribution is 2.17. The van der Waals surface area contributed by atoms with Crippen molar-refractivity contribution in [2.75, 3.05) is 0 Å². The third-order valence-corrected chi connectivity index (χ3v) is 11.5. The van der Waals surface area contributed by atoms with Crippen LogP contribution in [0.2, 0.25) is 0 Å². The highest BCUT2D eigenvalue weighted by Gasteiger charge is 2.50. The van der Waals surface area contributed by atoms with Crippen molar-refractivity contribution in [1.29, 1.82) is 0 Å². The zero-order chi connectivity index (χ0) is 32.9. The van der Waals surface area contributed by atoms with E-state index in [1.54, 1.807) is 112 Å². The Kier molecular flexibility index (Phi) is 7.76. The van der Waals surface area contributed by atoms with Gasteiger partial charge in [-0.25, -0.2) is 0 Å². The molecule has 0 aliphatic carbocycles. The van der Waals surface area contributed by atoms with Gasteiger partial charge in [-0.05, 0) is 12.1 Å². The van der Waals surface area contributed by atoms with Gasteiger partial charge in [-0.15, -0.1) is 0 Å². The van der Waals surface area contributed by atoms with Gasteiger partial charge in [0.15, 0.2) is 0 Å². The van der Waals surface area contributed by atoms with Crippen LogP contribution in [0.15, 0.2) is 130 Å². The Labute approximate surface area is 279 Å². The lowest BCUT2D eigenvalue weighted by Gasteiger charge is -2.29. The third-order valence-electron chi connectivity index (χ3n) is 7.48. The van der Waals surface area contributed by atoms with E-state index in [1.165, 1.54) is 0 Å². The molecule has 0 spiro atoms. The second-order valence-corrected chi connectivity index (χ2v) is 13.9. The van der Waals surface area contributed by atoms with E-state index in [1.807, 2.05) is 18.2 Å². The minimum absolute atomic E-state index is 0.493. The molecule has 0 saturated heterocycles. The lowest BCUT2D eigenvalue weighted by Crippen LogP contribution is -2.78. The molecule has 0 bridgehead atoms. The predicted octanol–water partition coefficient (Wildman–Crippen LogP) is 0.657. The zero-order valence-electron chi connectivity index (χ0n) is 25.3. The van der Waals surface area contributed by atoms with Crippen LogP contribution in [0, 0.1) is 0 Å². The van der Waals surface area contributed by atoms with Crippen molar-refractivity contribution in [1.82, 2.24) is 74.8 Å². The summed E-state index contributed by atoms with van der Waals surface area (Å²) in [6.45, 7) is 0. The number of rotatable bonds is 8. The maximum absolute atomic E-state index is 5.20. The van der Waals surface area contributed by atoms with E-state index in [0.29, 0.717) is 66.8 Å². The molecule has 0 amide bonds. The van der Waals surface area contributed by atoms with E-state index >= 15 is 0 Å². The molecular formula is C33H21N15Si. The summed E-state index contributed by atoms with van der Waals surface area (Å²) < 4.78 is 0. The van der Waals surface area contributed by atoms with Crippen molar-refractivity contribution in [3.8, 4) is 45.6 Å². The fourth-order valence-corrected chi connectivity index (χ4v) is 9.08. The lowest BCUT2D eigenvalue weighted by atomic mass is 10.3. The maximum Gasteiger partial charge on any atom is 0.271 e. The molecule has 232 valence electrons. The van der Waals surface area contributed by atoms with Crippen LogP contribution in [0.25, 0.3) is 45.6 Å². The fraction of sp³-hybridized carbons (Fsp3) is 0. The summed E-state index contributed by atoms with van der Waals surface area (Å²) >= 11 is 0. The van der Waals surface area contributed by atoms with Gasteiger partial charge in [-0.1, -0.05) is 6.07 Å². The van der Waals surface area contributed by atoms with Gasteiger partial charge in [0, 0.05) is 68.2 Å². The average molecular weight is 656 g/mol. The summed E-state index contributed by atoms with van der Waals surface area (Å²) in [4.78, 5) is 70.0. The first-order valence-corrected chi connectivity index (χ1v) is 16.8. The first-order valence-electron chi connectivity index (χ1n) is 14.8. The molecule has 8 aromatic heterocycles. The summed E-state index contributed by atoms with van der Waals surface area (Å²) in [5.74, 6) is 0. The topological polar surface area (TPSA) is 193 Å². The van der Waals surface area contributed by atoms with Crippen LogP contribution in [0.3, 0.4) is 0 Å². The molecule has 8 aromatic rings. The molecule has 0 fully saturated rings. The first kappa shape index (κ1) is 29.3. The van der Waals surface area contributed by atoms with Gasteiger partial charge >= 0.3 is 0 Å². The minimum Gasteiger partial charge on any atom is -0.261 e. The molecule has 0 unspecified atom stereocenters.